The molecule has 0 fully saturated rings. The van der Waals surface area contributed by atoms with Gasteiger partial charge in [-0.2, -0.15) is 18.3 Å². The van der Waals surface area contributed by atoms with Crippen molar-refractivity contribution in [3.05, 3.63) is 59.0 Å². The smallest absolute Gasteiger partial charge is 0.326 e. The first kappa shape index (κ1) is 23.5. The Bertz CT molecular complexity index is 1410. The number of H-pyrrole nitrogens is 1. The number of pyridine rings is 1. The number of alkyl halides is 3. The molecule has 2 aromatic carbocycles. The van der Waals surface area contributed by atoms with Gasteiger partial charge in [-0.1, -0.05) is 30.3 Å². The summed E-state index contributed by atoms with van der Waals surface area (Å²) in [5.41, 5.74) is 1.50. The maximum absolute atomic E-state index is 13.3. The minimum Gasteiger partial charge on any atom is -0.326 e. The Hall–Kier alpha value is -3.66. The summed E-state index contributed by atoms with van der Waals surface area (Å²) in [7, 11) is 3.87. The lowest BCUT2D eigenvalue weighted by atomic mass is 10.0. The summed E-state index contributed by atoms with van der Waals surface area (Å²) in [4.78, 5) is 27.3. The van der Waals surface area contributed by atoms with Crippen LogP contribution in [0.15, 0.2) is 53.5 Å². The zero-order chi connectivity index (χ0) is 24.5. The standard InChI is InChI=1S/C24H24F3N5O2/c1-31(2)11-5-8-21(33)29-19-7-4-3-6-16(19)15-9-10-17-20(12-15)32(14-24(25,26)27)23(34)18-13-28-30-22(17)18/h3-4,6-7,9-10,12-13H,5,8,11,14H2,1-2H3,(H,28,30)(H,29,33). The van der Waals surface area contributed by atoms with E-state index in [1.807, 2.05) is 19.0 Å². The summed E-state index contributed by atoms with van der Waals surface area (Å²) in [5, 5.41) is 10.00. The molecule has 0 saturated carbocycles. The Morgan fingerprint density at radius 3 is 2.65 bits per heavy atom. The SMILES string of the molecule is CN(C)CCCC(=O)Nc1ccccc1-c1ccc2c3[nH]ncc3c(=O)n(CC(F)(F)F)c2c1. The fourth-order valence-corrected chi connectivity index (χ4v) is 3.99. The monoisotopic (exact) mass is 471 g/mol. The van der Waals surface area contributed by atoms with Gasteiger partial charge in [-0.3, -0.25) is 19.3 Å². The minimum atomic E-state index is -4.58. The molecular weight excluding hydrogens is 447 g/mol. The lowest BCUT2D eigenvalue weighted by Crippen LogP contribution is -2.28. The number of aromatic nitrogens is 3. The van der Waals surface area contributed by atoms with E-state index in [0.717, 1.165) is 11.1 Å². The first-order valence-electron chi connectivity index (χ1n) is 10.7. The molecule has 0 atom stereocenters. The lowest BCUT2D eigenvalue weighted by Gasteiger charge is -2.16. The van der Waals surface area contributed by atoms with Gasteiger partial charge in [0.1, 0.15) is 6.54 Å². The van der Waals surface area contributed by atoms with E-state index in [1.165, 1.54) is 6.20 Å². The molecule has 2 heterocycles. The highest BCUT2D eigenvalue weighted by Gasteiger charge is 2.30. The number of rotatable bonds is 7. The molecule has 1 amide bonds. The van der Waals surface area contributed by atoms with Gasteiger partial charge in [-0.05, 0) is 44.8 Å². The van der Waals surface area contributed by atoms with Crippen LogP contribution < -0.4 is 10.9 Å². The van der Waals surface area contributed by atoms with Gasteiger partial charge in [-0.15, -0.1) is 0 Å². The predicted molar refractivity (Wildman–Crippen MR) is 126 cm³/mol. The summed E-state index contributed by atoms with van der Waals surface area (Å²) in [6.07, 6.45) is -2.31. The second-order valence-electron chi connectivity index (χ2n) is 8.40. The molecule has 0 spiro atoms. The number of aromatic amines is 1. The molecule has 2 N–H and O–H groups in total. The summed E-state index contributed by atoms with van der Waals surface area (Å²) < 4.78 is 40.7. The number of anilines is 1. The molecule has 2 aromatic heterocycles. The van der Waals surface area contributed by atoms with Crippen LogP contribution in [-0.4, -0.2) is 52.4 Å². The molecule has 0 saturated heterocycles. The van der Waals surface area contributed by atoms with E-state index < -0.39 is 18.3 Å². The van der Waals surface area contributed by atoms with Gasteiger partial charge >= 0.3 is 6.18 Å². The van der Waals surface area contributed by atoms with E-state index in [9.17, 15) is 22.8 Å². The van der Waals surface area contributed by atoms with Gasteiger partial charge in [0.05, 0.1) is 22.6 Å². The normalized spacial score (nSPS) is 12.1. The highest BCUT2D eigenvalue weighted by molar-refractivity contribution is 6.05. The average molecular weight is 471 g/mol. The van der Waals surface area contributed by atoms with E-state index in [2.05, 4.69) is 15.5 Å². The molecule has 0 bridgehead atoms. The molecule has 10 heteroatoms. The zero-order valence-corrected chi connectivity index (χ0v) is 18.7. The zero-order valence-electron chi connectivity index (χ0n) is 18.7. The van der Waals surface area contributed by atoms with Crippen LogP contribution in [0.4, 0.5) is 18.9 Å². The molecule has 34 heavy (non-hydrogen) atoms. The fraction of sp³-hybridized carbons (Fsp3) is 0.292. The van der Waals surface area contributed by atoms with Gasteiger partial charge in [0.2, 0.25) is 5.91 Å². The van der Waals surface area contributed by atoms with E-state index in [4.69, 9.17) is 0 Å². The number of amides is 1. The molecule has 4 rings (SSSR count). The minimum absolute atomic E-state index is 0.0925. The van der Waals surface area contributed by atoms with Crippen molar-refractivity contribution in [2.45, 2.75) is 25.6 Å². The predicted octanol–water partition coefficient (Wildman–Crippen LogP) is 4.39. The molecule has 0 unspecified atom stereocenters. The number of carbonyl (C=O) groups excluding carboxylic acids is 1. The van der Waals surface area contributed by atoms with Crippen molar-refractivity contribution >= 4 is 33.4 Å². The number of carbonyl (C=O) groups is 1. The number of hydrogen-bond donors (Lipinski definition) is 2. The second-order valence-corrected chi connectivity index (χ2v) is 8.40. The number of hydrogen-bond acceptors (Lipinski definition) is 4. The Balaban J connectivity index is 1.78. The van der Waals surface area contributed by atoms with Crippen LogP contribution >= 0.6 is 0 Å². The average Bonchev–Trinajstić information content (AvgIpc) is 3.26. The van der Waals surface area contributed by atoms with Crippen LogP contribution in [0.5, 0.6) is 0 Å². The first-order valence-corrected chi connectivity index (χ1v) is 10.7. The van der Waals surface area contributed by atoms with Crippen LogP contribution in [0.3, 0.4) is 0 Å². The Kier molecular flexibility index (Phi) is 6.43. The maximum Gasteiger partial charge on any atom is 0.406 e. The Labute approximate surface area is 193 Å². The fourth-order valence-electron chi connectivity index (χ4n) is 3.99. The third-order valence-corrected chi connectivity index (χ3v) is 5.53. The van der Waals surface area contributed by atoms with E-state index in [0.29, 0.717) is 40.6 Å². The lowest BCUT2D eigenvalue weighted by molar-refractivity contribution is -0.140. The van der Waals surface area contributed by atoms with Crippen molar-refractivity contribution in [2.75, 3.05) is 26.0 Å². The number of benzene rings is 2. The second kappa shape index (κ2) is 9.30. The van der Waals surface area contributed by atoms with Crippen molar-refractivity contribution < 1.29 is 18.0 Å². The molecule has 178 valence electrons. The molecule has 0 aliphatic carbocycles. The van der Waals surface area contributed by atoms with Crippen LogP contribution in [0.25, 0.3) is 32.9 Å². The molecule has 0 aliphatic heterocycles. The highest BCUT2D eigenvalue weighted by Crippen LogP contribution is 2.32. The first-order chi connectivity index (χ1) is 16.1. The number of fused-ring (bicyclic) bond motifs is 3. The topological polar surface area (TPSA) is 83.0 Å². The summed E-state index contributed by atoms with van der Waals surface area (Å²) >= 11 is 0. The number of halogens is 3. The quantitative estimate of drug-likeness (QED) is 0.419. The van der Waals surface area contributed by atoms with Gasteiger partial charge in [0.15, 0.2) is 0 Å². The summed E-state index contributed by atoms with van der Waals surface area (Å²) in [6.45, 7) is -0.643. The summed E-state index contributed by atoms with van der Waals surface area (Å²) in [5.74, 6) is -0.150. The van der Waals surface area contributed by atoms with E-state index >= 15 is 0 Å². The molecule has 7 nitrogen and oxygen atoms in total. The van der Waals surface area contributed by atoms with Gasteiger partial charge in [-0.25, -0.2) is 0 Å². The molecule has 0 radical (unpaired) electrons. The summed E-state index contributed by atoms with van der Waals surface area (Å²) in [6, 6.07) is 12.0. The molecular formula is C24H24F3N5O2. The van der Waals surface area contributed by atoms with Crippen molar-refractivity contribution in [3.63, 3.8) is 0 Å². The highest BCUT2D eigenvalue weighted by atomic mass is 19.4. The maximum atomic E-state index is 13.3. The van der Waals surface area contributed by atoms with Crippen molar-refractivity contribution in [1.29, 1.82) is 0 Å². The van der Waals surface area contributed by atoms with Gasteiger partial charge < -0.3 is 10.2 Å². The van der Waals surface area contributed by atoms with Crippen molar-refractivity contribution in [1.82, 2.24) is 19.7 Å². The number of para-hydroxylation sites is 1. The Morgan fingerprint density at radius 1 is 1.15 bits per heavy atom. The number of nitrogens with one attached hydrogen (secondary N) is 2. The van der Waals surface area contributed by atoms with Crippen molar-refractivity contribution in [3.8, 4) is 11.1 Å². The van der Waals surface area contributed by atoms with Crippen LogP contribution in [-0.2, 0) is 11.3 Å². The van der Waals surface area contributed by atoms with E-state index in [-0.39, 0.29) is 16.8 Å². The third kappa shape index (κ3) is 4.96. The van der Waals surface area contributed by atoms with Crippen LogP contribution in [0.1, 0.15) is 12.8 Å². The number of nitrogens with zero attached hydrogens (tertiary/aromatic N) is 3. The Morgan fingerprint density at radius 2 is 1.91 bits per heavy atom. The van der Waals surface area contributed by atoms with E-state index in [1.54, 1.807) is 42.5 Å². The largest absolute Gasteiger partial charge is 0.406 e. The van der Waals surface area contributed by atoms with Crippen LogP contribution in [0.2, 0.25) is 0 Å². The van der Waals surface area contributed by atoms with Crippen molar-refractivity contribution in [2.24, 2.45) is 0 Å². The van der Waals surface area contributed by atoms with Gasteiger partial charge in [0, 0.05) is 23.1 Å². The molecule has 0 aliphatic rings. The molecule has 4 aromatic rings. The van der Waals surface area contributed by atoms with Gasteiger partial charge in [0.25, 0.3) is 5.56 Å². The third-order valence-electron chi connectivity index (χ3n) is 5.53. The van der Waals surface area contributed by atoms with Crippen LogP contribution in [0, 0.1) is 0 Å².